The Morgan fingerprint density at radius 3 is 3.00 bits per heavy atom. The normalized spacial score (nSPS) is 10.1. The zero-order valence-corrected chi connectivity index (χ0v) is 8.61. The fourth-order valence-corrected chi connectivity index (χ4v) is 1.94. The van der Waals surface area contributed by atoms with Crippen molar-refractivity contribution in [3.63, 3.8) is 0 Å². The van der Waals surface area contributed by atoms with Crippen molar-refractivity contribution in [2.45, 2.75) is 6.42 Å². The van der Waals surface area contributed by atoms with Crippen LogP contribution in [-0.2, 0) is 6.42 Å². The van der Waals surface area contributed by atoms with Crippen LogP contribution in [0.4, 0.5) is 5.69 Å². The fourth-order valence-electron chi connectivity index (χ4n) is 1.31. The second-order valence-electron chi connectivity index (χ2n) is 3.07. The number of thiazole rings is 1. The number of nitro benzene ring substituents is 1. The lowest BCUT2D eigenvalue weighted by atomic mass is 10.1. The first kappa shape index (κ1) is 9.79. The quantitative estimate of drug-likeness (QED) is 0.590. The molecule has 5 heteroatoms. The van der Waals surface area contributed by atoms with E-state index in [2.05, 4.69) is 4.98 Å². The number of aromatic nitrogens is 1. The molecule has 0 spiro atoms. The van der Waals surface area contributed by atoms with E-state index < -0.39 is 0 Å². The molecule has 0 N–H and O–H groups in total. The van der Waals surface area contributed by atoms with Crippen LogP contribution in [0.2, 0.25) is 0 Å². The molecule has 1 heterocycles. The van der Waals surface area contributed by atoms with Gasteiger partial charge in [-0.1, -0.05) is 12.1 Å². The lowest BCUT2D eigenvalue weighted by molar-refractivity contribution is -0.384. The molecule has 1 aromatic carbocycles. The molecule has 1 aromatic heterocycles. The third kappa shape index (κ3) is 2.38. The van der Waals surface area contributed by atoms with Gasteiger partial charge >= 0.3 is 0 Å². The molecule has 2 rings (SSSR count). The van der Waals surface area contributed by atoms with E-state index in [0.29, 0.717) is 6.42 Å². The Morgan fingerprint density at radius 1 is 1.47 bits per heavy atom. The Balaban J connectivity index is 2.22. The standard InChI is InChI=1S/C10H8N2O2S/c13-12(14)9-3-1-2-8(4-9)5-10-6-11-7-15-10/h1-4,6-7H,5H2. The molecule has 0 saturated carbocycles. The maximum Gasteiger partial charge on any atom is 0.269 e. The average Bonchev–Trinajstić information content (AvgIpc) is 2.71. The van der Waals surface area contributed by atoms with E-state index in [1.807, 2.05) is 6.07 Å². The molecule has 0 atom stereocenters. The van der Waals surface area contributed by atoms with Crippen molar-refractivity contribution in [3.8, 4) is 0 Å². The van der Waals surface area contributed by atoms with Gasteiger partial charge < -0.3 is 0 Å². The van der Waals surface area contributed by atoms with Gasteiger partial charge in [0.05, 0.1) is 10.4 Å². The van der Waals surface area contributed by atoms with E-state index in [1.54, 1.807) is 35.2 Å². The molecule has 2 aromatic rings. The van der Waals surface area contributed by atoms with Gasteiger partial charge in [0.25, 0.3) is 5.69 Å². The van der Waals surface area contributed by atoms with Crippen molar-refractivity contribution in [1.82, 2.24) is 4.98 Å². The van der Waals surface area contributed by atoms with Crippen LogP contribution >= 0.6 is 11.3 Å². The summed E-state index contributed by atoms with van der Waals surface area (Å²) in [5.74, 6) is 0. The van der Waals surface area contributed by atoms with Gasteiger partial charge in [-0.05, 0) is 5.56 Å². The van der Waals surface area contributed by atoms with Crippen LogP contribution in [-0.4, -0.2) is 9.91 Å². The molecule has 0 unspecified atom stereocenters. The molecular weight excluding hydrogens is 212 g/mol. The van der Waals surface area contributed by atoms with Crippen LogP contribution in [0.5, 0.6) is 0 Å². The van der Waals surface area contributed by atoms with E-state index in [1.165, 1.54) is 6.07 Å². The van der Waals surface area contributed by atoms with Crippen LogP contribution in [0.1, 0.15) is 10.4 Å². The second kappa shape index (κ2) is 4.18. The summed E-state index contributed by atoms with van der Waals surface area (Å²) in [5.41, 5.74) is 2.83. The summed E-state index contributed by atoms with van der Waals surface area (Å²) >= 11 is 1.55. The van der Waals surface area contributed by atoms with Crippen LogP contribution in [0.25, 0.3) is 0 Å². The molecule has 15 heavy (non-hydrogen) atoms. The maximum absolute atomic E-state index is 10.6. The second-order valence-corrected chi connectivity index (χ2v) is 4.04. The molecular formula is C10H8N2O2S. The highest BCUT2D eigenvalue weighted by molar-refractivity contribution is 7.09. The Hall–Kier alpha value is -1.75. The average molecular weight is 220 g/mol. The highest BCUT2D eigenvalue weighted by Gasteiger charge is 2.06. The fraction of sp³-hybridized carbons (Fsp3) is 0.100. The van der Waals surface area contributed by atoms with Crippen LogP contribution in [0.3, 0.4) is 0 Å². The summed E-state index contributed by atoms with van der Waals surface area (Å²) in [5, 5.41) is 10.6. The van der Waals surface area contributed by atoms with Gasteiger partial charge in [-0.3, -0.25) is 15.1 Å². The molecule has 0 saturated heterocycles. The van der Waals surface area contributed by atoms with Crippen molar-refractivity contribution in [2.75, 3.05) is 0 Å². The number of rotatable bonds is 3. The van der Waals surface area contributed by atoms with Gasteiger partial charge in [0.2, 0.25) is 0 Å². The molecule has 4 nitrogen and oxygen atoms in total. The van der Waals surface area contributed by atoms with Crippen molar-refractivity contribution < 1.29 is 4.92 Å². The summed E-state index contributed by atoms with van der Waals surface area (Å²) in [6, 6.07) is 6.68. The van der Waals surface area contributed by atoms with Gasteiger partial charge in [-0.2, -0.15) is 0 Å². The number of hydrogen-bond acceptors (Lipinski definition) is 4. The number of benzene rings is 1. The number of non-ortho nitro benzene ring substituents is 1. The minimum absolute atomic E-state index is 0.136. The van der Waals surface area contributed by atoms with E-state index in [9.17, 15) is 10.1 Å². The van der Waals surface area contributed by atoms with Crippen LogP contribution < -0.4 is 0 Å². The first-order valence-electron chi connectivity index (χ1n) is 4.36. The summed E-state index contributed by atoms with van der Waals surface area (Å²) in [6.07, 6.45) is 2.48. The van der Waals surface area contributed by atoms with Gasteiger partial charge in [0.15, 0.2) is 0 Å². The maximum atomic E-state index is 10.6. The van der Waals surface area contributed by atoms with Crippen LogP contribution in [0.15, 0.2) is 36.0 Å². The molecule has 0 amide bonds. The summed E-state index contributed by atoms with van der Waals surface area (Å²) in [7, 11) is 0. The molecule has 0 fully saturated rings. The number of nitrogens with zero attached hydrogens (tertiary/aromatic N) is 2. The summed E-state index contributed by atoms with van der Waals surface area (Å²) in [6.45, 7) is 0. The van der Waals surface area contributed by atoms with Crippen molar-refractivity contribution in [2.24, 2.45) is 0 Å². The Morgan fingerprint density at radius 2 is 2.33 bits per heavy atom. The lowest BCUT2D eigenvalue weighted by Crippen LogP contribution is -1.90. The minimum Gasteiger partial charge on any atom is -0.258 e. The van der Waals surface area contributed by atoms with Crippen molar-refractivity contribution in [3.05, 3.63) is 56.5 Å². The van der Waals surface area contributed by atoms with Gasteiger partial charge in [-0.15, -0.1) is 11.3 Å². The smallest absolute Gasteiger partial charge is 0.258 e. The highest BCUT2D eigenvalue weighted by atomic mass is 32.1. The molecule has 76 valence electrons. The predicted octanol–water partition coefficient (Wildman–Crippen LogP) is 2.64. The van der Waals surface area contributed by atoms with E-state index in [0.717, 1.165) is 10.4 Å². The largest absolute Gasteiger partial charge is 0.269 e. The highest BCUT2D eigenvalue weighted by Crippen LogP contribution is 2.17. The third-order valence-corrected chi connectivity index (χ3v) is 2.76. The number of hydrogen-bond donors (Lipinski definition) is 0. The number of nitro groups is 1. The Labute approximate surface area is 90.4 Å². The van der Waals surface area contributed by atoms with Crippen molar-refractivity contribution >= 4 is 17.0 Å². The first-order valence-corrected chi connectivity index (χ1v) is 5.24. The molecule has 0 radical (unpaired) electrons. The van der Waals surface area contributed by atoms with E-state index in [4.69, 9.17) is 0 Å². The third-order valence-electron chi connectivity index (χ3n) is 1.98. The molecule has 0 aliphatic rings. The topological polar surface area (TPSA) is 56.0 Å². The van der Waals surface area contributed by atoms with Crippen molar-refractivity contribution in [1.29, 1.82) is 0 Å². The Kier molecular flexibility index (Phi) is 2.73. The van der Waals surface area contributed by atoms with Crippen LogP contribution in [0, 0.1) is 10.1 Å². The molecule has 0 aliphatic carbocycles. The first-order chi connectivity index (χ1) is 7.25. The van der Waals surface area contributed by atoms with E-state index in [-0.39, 0.29) is 10.6 Å². The predicted molar refractivity (Wildman–Crippen MR) is 58.0 cm³/mol. The monoisotopic (exact) mass is 220 g/mol. The van der Waals surface area contributed by atoms with Gasteiger partial charge in [0, 0.05) is 29.6 Å². The SMILES string of the molecule is O=[N+]([O-])c1cccc(Cc2cncs2)c1. The zero-order chi connectivity index (χ0) is 10.7. The van der Waals surface area contributed by atoms with Gasteiger partial charge in [-0.25, -0.2) is 0 Å². The minimum atomic E-state index is -0.379. The lowest BCUT2D eigenvalue weighted by Gasteiger charge is -1.97. The summed E-state index contributed by atoms with van der Waals surface area (Å²) < 4.78 is 0. The molecule has 0 bridgehead atoms. The molecule has 0 aliphatic heterocycles. The zero-order valence-electron chi connectivity index (χ0n) is 7.79. The Bertz CT molecular complexity index is 468. The summed E-state index contributed by atoms with van der Waals surface area (Å²) in [4.78, 5) is 15.2. The van der Waals surface area contributed by atoms with Gasteiger partial charge in [0.1, 0.15) is 0 Å². The van der Waals surface area contributed by atoms with E-state index >= 15 is 0 Å².